The van der Waals surface area contributed by atoms with E-state index in [2.05, 4.69) is 41.0 Å². The van der Waals surface area contributed by atoms with E-state index in [0.717, 1.165) is 24.0 Å². The number of benzene rings is 1. The van der Waals surface area contributed by atoms with E-state index in [-0.39, 0.29) is 5.78 Å². The van der Waals surface area contributed by atoms with Gasteiger partial charge in [0.2, 0.25) is 5.16 Å². The predicted octanol–water partition coefficient (Wildman–Crippen LogP) is 3.22. The average molecular weight is 326 g/mol. The Hall–Kier alpha value is -2.21. The highest BCUT2D eigenvalue weighted by molar-refractivity contribution is 7.99. The third-order valence-corrected chi connectivity index (χ3v) is 4.53. The van der Waals surface area contributed by atoms with Gasteiger partial charge in [-0.15, -0.1) is 5.10 Å². The lowest BCUT2D eigenvalue weighted by atomic mass is 9.98. The van der Waals surface area contributed by atoms with Gasteiger partial charge in [-0.05, 0) is 36.1 Å². The van der Waals surface area contributed by atoms with Crippen LogP contribution in [0, 0.1) is 0 Å². The number of thioether (sulfide) groups is 1. The van der Waals surface area contributed by atoms with E-state index in [0.29, 0.717) is 16.7 Å². The van der Waals surface area contributed by atoms with E-state index in [4.69, 9.17) is 0 Å². The summed E-state index contributed by atoms with van der Waals surface area (Å²) in [6.45, 7) is 4.16. The second kappa shape index (κ2) is 6.91. The number of hydrogen-bond acceptors (Lipinski definition) is 5. The summed E-state index contributed by atoms with van der Waals surface area (Å²) in [5.74, 6) is 0.996. The van der Waals surface area contributed by atoms with Gasteiger partial charge in [0.25, 0.3) is 5.78 Å². The summed E-state index contributed by atoms with van der Waals surface area (Å²) in [4.78, 5) is 21.0. The van der Waals surface area contributed by atoms with Crippen LogP contribution in [-0.4, -0.2) is 31.1 Å². The van der Waals surface area contributed by atoms with Crippen molar-refractivity contribution in [2.24, 2.45) is 0 Å². The third kappa shape index (κ3) is 3.42. The molecule has 2 aromatic heterocycles. The summed E-state index contributed by atoms with van der Waals surface area (Å²) >= 11 is 1.35. The number of aromatic nitrogens is 4. The van der Waals surface area contributed by atoms with Crippen molar-refractivity contribution < 1.29 is 4.79 Å². The first-order valence-corrected chi connectivity index (χ1v) is 8.65. The van der Waals surface area contributed by atoms with Crippen molar-refractivity contribution in [1.29, 1.82) is 0 Å². The van der Waals surface area contributed by atoms with Gasteiger partial charge in [0.05, 0.1) is 5.75 Å². The number of rotatable bonds is 6. The molecule has 3 rings (SSSR count). The lowest BCUT2D eigenvalue weighted by Gasteiger charge is -2.08. The van der Waals surface area contributed by atoms with Crippen LogP contribution < -0.4 is 0 Å². The number of hydrogen-bond donors (Lipinski definition) is 0. The van der Waals surface area contributed by atoms with Gasteiger partial charge in [0.1, 0.15) is 0 Å². The van der Waals surface area contributed by atoms with Gasteiger partial charge < -0.3 is 0 Å². The molecular formula is C17H18N4OS. The first-order valence-electron chi connectivity index (χ1n) is 7.66. The highest BCUT2D eigenvalue weighted by Gasteiger charge is 2.13. The molecule has 0 fully saturated rings. The fourth-order valence-electron chi connectivity index (χ4n) is 2.39. The zero-order chi connectivity index (χ0) is 16.2. The fourth-order valence-corrected chi connectivity index (χ4v) is 3.10. The van der Waals surface area contributed by atoms with E-state index >= 15 is 0 Å². The molecule has 0 N–H and O–H groups in total. The number of ketones is 1. The van der Waals surface area contributed by atoms with Crippen LogP contribution >= 0.6 is 11.8 Å². The summed E-state index contributed by atoms with van der Waals surface area (Å²) in [6.07, 6.45) is 5.25. The Morgan fingerprint density at radius 2 is 2.13 bits per heavy atom. The van der Waals surface area contributed by atoms with Crippen molar-refractivity contribution in [3.8, 4) is 0 Å². The standard InChI is InChI=1S/C17H18N4OS/c1-3-12-6-7-13(4-2)14(10-12)15(22)11-23-17-19-16-18-8-5-9-21(16)20-17/h5-10H,3-4,11H2,1-2H3. The highest BCUT2D eigenvalue weighted by atomic mass is 32.2. The molecule has 0 aliphatic rings. The molecule has 0 spiro atoms. The molecule has 0 bridgehead atoms. The molecular weight excluding hydrogens is 308 g/mol. The number of Topliss-reactive ketones (excluding diaryl/α,β-unsaturated/α-hetero) is 1. The second-order valence-electron chi connectivity index (χ2n) is 5.17. The monoisotopic (exact) mass is 326 g/mol. The van der Waals surface area contributed by atoms with E-state index < -0.39 is 0 Å². The lowest BCUT2D eigenvalue weighted by Crippen LogP contribution is -2.07. The van der Waals surface area contributed by atoms with E-state index in [1.807, 2.05) is 6.07 Å². The Bertz CT molecular complexity index is 810. The van der Waals surface area contributed by atoms with E-state index in [9.17, 15) is 4.79 Å². The summed E-state index contributed by atoms with van der Waals surface area (Å²) in [5.41, 5.74) is 3.10. The molecule has 2 heterocycles. The average Bonchev–Trinajstić information content (AvgIpc) is 3.02. The number of nitrogens with zero attached hydrogens (tertiary/aromatic N) is 4. The van der Waals surface area contributed by atoms with Crippen LogP contribution in [0.15, 0.2) is 41.8 Å². The number of carbonyl (C=O) groups excluding carboxylic acids is 1. The van der Waals surface area contributed by atoms with Crippen LogP contribution in [0.3, 0.4) is 0 Å². The molecule has 0 radical (unpaired) electrons. The first-order chi connectivity index (χ1) is 11.2. The van der Waals surface area contributed by atoms with Gasteiger partial charge in [0.15, 0.2) is 5.78 Å². The van der Waals surface area contributed by atoms with Gasteiger partial charge >= 0.3 is 0 Å². The summed E-state index contributed by atoms with van der Waals surface area (Å²) in [5, 5.41) is 4.88. The molecule has 118 valence electrons. The molecule has 0 atom stereocenters. The van der Waals surface area contributed by atoms with Crippen molar-refractivity contribution in [2.75, 3.05) is 5.75 Å². The minimum atomic E-state index is 0.119. The molecule has 0 saturated carbocycles. The Morgan fingerprint density at radius 1 is 1.26 bits per heavy atom. The zero-order valence-corrected chi connectivity index (χ0v) is 14.0. The minimum absolute atomic E-state index is 0.119. The molecule has 0 aliphatic carbocycles. The number of aryl methyl sites for hydroxylation is 2. The van der Waals surface area contributed by atoms with Gasteiger partial charge in [-0.25, -0.2) is 9.50 Å². The Labute approximate surface area is 139 Å². The molecule has 23 heavy (non-hydrogen) atoms. The van der Waals surface area contributed by atoms with E-state index in [1.54, 1.807) is 23.0 Å². The molecule has 0 amide bonds. The molecule has 0 unspecified atom stereocenters. The summed E-state index contributed by atoms with van der Waals surface area (Å²) in [7, 11) is 0. The Balaban J connectivity index is 1.76. The van der Waals surface area contributed by atoms with Gasteiger partial charge in [-0.3, -0.25) is 4.79 Å². The van der Waals surface area contributed by atoms with Crippen LogP contribution in [0.1, 0.15) is 35.3 Å². The molecule has 5 nitrogen and oxygen atoms in total. The number of carbonyl (C=O) groups is 1. The maximum atomic E-state index is 12.6. The quantitative estimate of drug-likeness (QED) is 0.514. The second-order valence-corrected chi connectivity index (χ2v) is 6.11. The van der Waals surface area contributed by atoms with Crippen LogP contribution in [-0.2, 0) is 12.8 Å². The van der Waals surface area contributed by atoms with Crippen LogP contribution in [0.5, 0.6) is 0 Å². The van der Waals surface area contributed by atoms with Crippen molar-refractivity contribution in [2.45, 2.75) is 31.8 Å². The Morgan fingerprint density at radius 3 is 2.87 bits per heavy atom. The fraction of sp³-hybridized carbons (Fsp3) is 0.294. The first kappa shape index (κ1) is 15.7. The third-order valence-electron chi connectivity index (χ3n) is 3.69. The van der Waals surface area contributed by atoms with Crippen molar-refractivity contribution in [3.05, 3.63) is 53.3 Å². The maximum Gasteiger partial charge on any atom is 0.253 e. The summed E-state index contributed by atoms with van der Waals surface area (Å²) < 4.78 is 1.61. The van der Waals surface area contributed by atoms with Crippen molar-refractivity contribution >= 4 is 23.3 Å². The lowest BCUT2D eigenvalue weighted by molar-refractivity contribution is 0.102. The molecule has 1 aromatic carbocycles. The summed E-state index contributed by atoms with van der Waals surface area (Å²) in [6, 6.07) is 7.97. The van der Waals surface area contributed by atoms with Gasteiger partial charge in [0, 0.05) is 18.0 Å². The highest BCUT2D eigenvalue weighted by Crippen LogP contribution is 2.19. The largest absolute Gasteiger partial charge is 0.293 e. The van der Waals surface area contributed by atoms with Crippen LogP contribution in [0.25, 0.3) is 5.78 Å². The molecule has 0 saturated heterocycles. The van der Waals surface area contributed by atoms with E-state index in [1.165, 1.54) is 17.3 Å². The molecule has 6 heteroatoms. The normalized spacial score (nSPS) is 11.0. The SMILES string of the molecule is CCc1ccc(CC)c(C(=O)CSc2nc3ncccn3n2)c1. The van der Waals surface area contributed by atoms with Crippen LogP contribution in [0.2, 0.25) is 0 Å². The minimum Gasteiger partial charge on any atom is -0.293 e. The topological polar surface area (TPSA) is 60.2 Å². The smallest absolute Gasteiger partial charge is 0.253 e. The van der Waals surface area contributed by atoms with Crippen molar-refractivity contribution in [1.82, 2.24) is 19.6 Å². The maximum absolute atomic E-state index is 12.6. The zero-order valence-electron chi connectivity index (χ0n) is 13.2. The number of fused-ring (bicyclic) bond motifs is 1. The molecule has 0 aliphatic heterocycles. The molecule has 3 aromatic rings. The predicted molar refractivity (Wildman–Crippen MR) is 91.0 cm³/mol. The van der Waals surface area contributed by atoms with Gasteiger partial charge in [-0.1, -0.05) is 37.7 Å². The van der Waals surface area contributed by atoms with Crippen LogP contribution in [0.4, 0.5) is 0 Å². The van der Waals surface area contributed by atoms with Gasteiger partial charge in [-0.2, -0.15) is 4.98 Å². The Kier molecular flexibility index (Phi) is 4.71. The van der Waals surface area contributed by atoms with Crippen molar-refractivity contribution in [3.63, 3.8) is 0 Å².